The summed E-state index contributed by atoms with van der Waals surface area (Å²) in [6.07, 6.45) is 8.10. The maximum atomic E-state index is 13.2. The van der Waals surface area contributed by atoms with Crippen molar-refractivity contribution < 1.29 is 9.13 Å². The molecule has 90 valence electrons. The molecular formula is C13H19FOS. The Morgan fingerprint density at radius 1 is 1.00 bits per heavy atom. The van der Waals surface area contributed by atoms with Gasteiger partial charge in [0.25, 0.3) is 0 Å². The summed E-state index contributed by atoms with van der Waals surface area (Å²) in [5.41, 5.74) is 1.21. The number of ether oxygens (including phenoxy) is 1. The molecule has 0 spiro atoms. The molecule has 0 fully saturated rings. The van der Waals surface area contributed by atoms with E-state index in [4.69, 9.17) is 4.74 Å². The van der Waals surface area contributed by atoms with E-state index in [1.807, 2.05) is 0 Å². The quantitative estimate of drug-likeness (QED) is 0.669. The highest BCUT2D eigenvalue weighted by Gasteiger charge is 2.09. The lowest BCUT2D eigenvalue weighted by Gasteiger charge is -2.08. The predicted octanol–water partition coefficient (Wildman–Crippen LogP) is 3.95. The number of aryl methyl sites for hydroxylation is 1. The highest BCUT2D eigenvalue weighted by atomic mass is 32.1. The zero-order valence-electron chi connectivity index (χ0n) is 9.64. The van der Waals surface area contributed by atoms with Gasteiger partial charge >= 0.3 is 0 Å². The molecule has 0 saturated carbocycles. The molecule has 1 nitrogen and oxygen atoms in total. The van der Waals surface area contributed by atoms with Crippen LogP contribution in [-0.2, 0) is 17.6 Å². The summed E-state index contributed by atoms with van der Waals surface area (Å²) in [7, 11) is 0. The summed E-state index contributed by atoms with van der Waals surface area (Å²) in [5.74, 6) is 0. The highest BCUT2D eigenvalue weighted by molar-refractivity contribution is 7.10. The molecule has 1 aliphatic heterocycles. The van der Waals surface area contributed by atoms with Crippen LogP contribution in [0.5, 0.6) is 0 Å². The molecule has 0 bridgehead atoms. The second-order valence-corrected chi connectivity index (χ2v) is 5.47. The predicted molar refractivity (Wildman–Crippen MR) is 65.6 cm³/mol. The van der Waals surface area contributed by atoms with E-state index < -0.39 is 0 Å². The SMILES string of the molecule is Fc1cc2c(s1)CCOCCCCCCC2. The van der Waals surface area contributed by atoms with Crippen molar-refractivity contribution in [2.24, 2.45) is 0 Å². The summed E-state index contributed by atoms with van der Waals surface area (Å²) in [6, 6.07) is 1.71. The zero-order chi connectivity index (χ0) is 11.2. The number of rotatable bonds is 0. The molecule has 16 heavy (non-hydrogen) atoms. The average molecular weight is 242 g/mol. The largest absolute Gasteiger partial charge is 0.381 e. The molecule has 1 aromatic heterocycles. The van der Waals surface area contributed by atoms with Crippen LogP contribution < -0.4 is 0 Å². The van der Waals surface area contributed by atoms with Crippen LogP contribution in [0.2, 0.25) is 0 Å². The van der Waals surface area contributed by atoms with Gasteiger partial charge in [-0.1, -0.05) is 19.3 Å². The molecule has 0 aliphatic carbocycles. The van der Waals surface area contributed by atoms with Crippen molar-refractivity contribution in [3.63, 3.8) is 0 Å². The van der Waals surface area contributed by atoms with Crippen LogP contribution in [0.15, 0.2) is 6.07 Å². The fourth-order valence-corrected chi connectivity index (χ4v) is 3.08. The Morgan fingerprint density at radius 3 is 2.75 bits per heavy atom. The summed E-state index contributed by atoms with van der Waals surface area (Å²) >= 11 is 1.29. The van der Waals surface area contributed by atoms with Gasteiger partial charge in [0.2, 0.25) is 0 Å². The lowest BCUT2D eigenvalue weighted by molar-refractivity contribution is 0.133. The van der Waals surface area contributed by atoms with Crippen molar-refractivity contribution in [2.45, 2.75) is 44.9 Å². The summed E-state index contributed by atoms with van der Waals surface area (Å²) in [6.45, 7) is 1.61. The van der Waals surface area contributed by atoms with Crippen LogP contribution >= 0.6 is 11.3 Å². The van der Waals surface area contributed by atoms with Gasteiger partial charge in [0.05, 0.1) is 6.61 Å². The van der Waals surface area contributed by atoms with E-state index in [0.717, 1.165) is 26.1 Å². The Morgan fingerprint density at radius 2 is 1.81 bits per heavy atom. The maximum Gasteiger partial charge on any atom is 0.176 e. The third kappa shape index (κ3) is 3.56. The Hall–Kier alpha value is -0.410. The molecule has 2 heterocycles. The van der Waals surface area contributed by atoms with Crippen molar-refractivity contribution in [1.29, 1.82) is 0 Å². The van der Waals surface area contributed by atoms with Gasteiger partial charge in [-0.3, -0.25) is 0 Å². The molecule has 0 atom stereocenters. The molecule has 1 aliphatic rings. The highest BCUT2D eigenvalue weighted by Crippen LogP contribution is 2.24. The van der Waals surface area contributed by atoms with Crippen molar-refractivity contribution in [1.82, 2.24) is 0 Å². The van der Waals surface area contributed by atoms with E-state index in [2.05, 4.69) is 0 Å². The van der Waals surface area contributed by atoms with E-state index in [1.165, 1.54) is 53.9 Å². The fourth-order valence-electron chi connectivity index (χ4n) is 2.17. The smallest absolute Gasteiger partial charge is 0.176 e. The first-order valence-electron chi connectivity index (χ1n) is 6.21. The Labute approximate surface area is 101 Å². The molecular weight excluding hydrogens is 223 g/mol. The van der Waals surface area contributed by atoms with Gasteiger partial charge in [-0.2, -0.15) is 4.39 Å². The van der Waals surface area contributed by atoms with Crippen molar-refractivity contribution >= 4 is 11.3 Å². The second kappa shape index (κ2) is 6.36. The number of thiophene rings is 1. The molecule has 0 saturated heterocycles. The van der Waals surface area contributed by atoms with Crippen LogP contribution in [0.3, 0.4) is 0 Å². The van der Waals surface area contributed by atoms with Gasteiger partial charge in [0.15, 0.2) is 5.13 Å². The number of halogens is 1. The first-order chi connectivity index (χ1) is 7.86. The second-order valence-electron chi connectivity index (χ2n) is 4.38. The average Bonchev–Trinajstić information content (AvgIpc) is 2.59. The van der Waals surface area contributed by atoms with E-state index in [9.17, 15) is 4.39 Å². The van der Waals surface area contributed by atoms with E-state index >= 15 is 0 Å². The van der Waals surface area contributed by atoms with Gasteiger partial charge in [-0.15, -0.1) is 11.3 Å². The number of fused-ring (bicyclic) bond motifs is 1. The minimum Gasteiger partial charge on any atom is -0.381 e. The van der Waals surface area contributed by atoms with Gasteiger partial charge in [-0.25, -0.2) is 0 Å². The van der Waals surface area contributed by atoms with Crippen molar-refractivity contribution in [3.05, 3.63) is 21.6 Å². The minimum absolute atomic E-state index is 0.0418. The lowest BCUT2D eigenvalue weighted by atomic mass is 10.0. The van der Waals surface area contributed by atoms with Crippen LogP contribution in [-0.4, -0.2) is 13.2 Å². The fraction of sp³-hybridized carbons (Fsp3) is 0.692. The Balaban J connectivity index is 1.99. The summed E-state index contributed by atoms with van der Waals surface area (Å²) in [4.78, 5) is 1.19. The Kier molecular flexibility index (Phi) is 4.79. The lowest BCUT2D eigenvalue weighted by Crippen LogP contribution is -2.02. The molecule has 0 amide bonds. The van der Waals surface area contributed by atoms with E-state index in [0.29, 0.717) is 0 Å². The molecule has 0 N–H and O–H groups in total. The molecule has 1 aromatic rings. The zero-order valence-corrected chi connectivity index (χ0v) is 10.5. The maximum absolute atomic E-state index is 13.2. The Bertz CT molecular complexity index is 292. The molecule has 0 radical (unpaired) electrons. The minimum atomic E-state index is -0.0418. The van der Waals surface area contributed by atoms with Crippen LogP contribution in [0.4, 0.5) is 4.39 Å². The monoisotopic (exact) mass is 242 g/mol. The van der Waals surface area contributed by atoms with E-state index in [-0.39, 0.29) is 5.13 Å². The number of hydrogen-bond donors (Lipinski definition) is 0. The number of hydrogen-bond acceptors (Lipinski definition) is 2. The normalized spacial score (nSPS) is 19.6. The van der Waals surface area contributed by atoms with Gasteiger partial charge < -0.3 is 4.74 Å². The molecule has 2 rings (SSSR count). The molecule has 0 unspecified atom stereocenters. The summed E-state index contributed by atoms with van der Waals surface area (Å²) < 4.78 is 18.8. The van der Waals surface area contributed by atoms with Crippen LogP contribution in [0.1, 0.15) is 42.5 Å². The van der Waals surface area contributed by atoms with Crippen molar-refractivity contribution in [2.75, 3.05) is 13.2 Å². The topological polar surface area (TPSA) is 9.23 Å². The third-order valence-corrected chi connectivity index (χ3v) is 4.10. The first-order valence-corrected chi connectivity index (χ1v) is 7.03. The van der Waals surface area contributed by atoms with Gasteiger partial charge in [-0.05, 0) is 30.9 Å². The standard InChI is InChI=1S/C13H19FOS/c14-13-10-11-6-4-2-1-3-5-8-15-9-7-12(11)16-13/h10H,1-9H2. The first kappa shape index (κ1) is 12.1. The van der Waals surface area contributed by atoms with Gasteiger partial charge in [0, 0.05) is 17.9 Å². The molecule has 0 aromatic carbocycles. The van der Waals surface area contributed by atoms with Crippen molar-refractivity contribution in [3.8, 4) is 0 Å². The van der Waals surface area contributed by atoms with Crippen LogP contribution in [0, 0.1) is 5.13 Å². The van der Waals surface area contributed by atoms with E-state index in [1.54, 1.807) is 6.07 Å². The summed E-state index contributed by atoms with van der Waals surface area (Å²) in [5, 5.41) is -0.0418. The third-order valence-electron chi connectivity index (χ3n) is 3.07. The van der Waals surface area contributed by atoms with Gasteiger partial charge in [0.1, 0.15) is 0 Å². The van der Waals surface area contributed by atoms with Crippen LogP contribution in [0.25, 0.3) is 0 Å². The molecule has 3 heteroatoms.